The number of ether oxygens (including phenoxy) is 3. The van der Waals surface area contributed by atoms with E-state index in [-0.39, 0.29) is 42.7 Å². The van der Waals surface area contributed by atoms with Crippen molar-refractivity contribution in [2.24, 2.45) is 0 Å². The molecule has 0 spiro atoms. The van der Waals surface area contributed by atoms with Gasteiger partial charge in [-0.3, -0.25) is 9.59 Å². The van der Waals surface area contributed by atoms with Gasteiger partial charge in [0, 0.05) is 19.3 Å². The monoisotopic (exact) mass is 705 g/mol. The highest BCUT2D eigenvalue weighted by atomic mass is 16.6. The van der Waals surface area contributed by atoms with Crippen molar-refractivity contribution < 1.29 is 38.2 Å². The van der Waals surface area contributed by atoms with Gasteiger partial charge in [0.05, 0.1) is 34.4 Å². The number of likely N-dealkylation sites (N-methyl/N-ethyl adjacent to an activating group) is 1. The molecule has 0 rings (SSSR count). The van der Waals surface area contributed by atoms with Crippen molar-refractivity contribution in [2.45, 2.75) is 161 Å². The van der Waals surface area contributed by atoms with Crippen LogP contribution in [0.25, 0.3) is 0 Å². The lowest BCUT2D eigenvalue weighted by Gasteiger charge is -2.31. The third-order valence-corrected chi connectivity index (χ3v) is 8.48. The van der Waals surface area contributed by atoms with Crippen molar-refractivity contribution >= 4 is 17.9 Å². The fourth-order valence-corrected chi connectivity index (χ4v) is 5.42. The zero-order chi connectivity index (χ0) is 37.1. The smallest absolute Gasteiger partial charge is 0.362 e. The van der Waals surface area contributed by atoms with Crippen molar-refractivity contribution in [1.29, 1.82) is 0 Å². The second-order valence-corrected chi connectivity index (χ2v) is 14.1. The Bertz CT molecular complexity index is 964. The number of hydrogen-bond acceptors (Lipinski definition) is 6. The average Bonchev–Trinajstić information content (AvgIpc) is 3.06. The van der Waals surface area contributed by atoms with Gasteiger partial charge in [0.15, 0.2) is 12.1 Å². The van der Waals surface area contributed by atoms with Crippen LogP contribution in [0, 0.1) is 0 Å². The Labute approximate surface area is 306 Å². The summed E-state index contributed by atoms with van der Waals surface area (Å²) in [6.07, 6.45) is 37.5. The molecule has 0 aliphatic carbocycles. The van der Waals surface area contributed by atoms with Crippen molar-refractivity contribution in [3.05, 3.63) is 48.6 Å². The lowest BCUT2D eigenvalue weighted by molar-refractivity contribution is -0.887. The van der Waals surface area contributed by atoms with Gasteiger partial charge in [0.2, 0.25) is 0 Å². The molecule has 0 saturated carbocycles. The largest absolute Gasteiger partial charge is 0.477 e. The van der Waals surface area contributed by atoms with Crippen LogP contribution >= 0.6 is 0 Å². The molecule has 0 aromatic heterocycles. The number of hydrogen-bond donors (Lipinski definition) is 1. The maximum Gasteiger partial charge on any atom is 0.362 e. The van der Waals surface area contributed by atoms with Crippen LogP contribution in [0.15, 0.2) is 48.6 Å². The number of carbonyl (C=O) groups is 3. The first-order valence-corrected chi connectivity index (χ1v) is 19.7. The van der Waals surface area contributed by atoms with Crippen LogP contribution < -0.4 is 0 Å². The number of nitrogens with zero attached hydrogens (tertiary/aromatic N) is 1. The van der Waals surface area contributed by atoms with Crippen molar-refractivity contribution in [2.75, 3.05) is 41.0 Å². The molecule has 8 nitrogen and oxygen atoms in total. The van der Waals surface area contributed by atoms with E-state index < -0.39 is 18.1 Å². The van der Waals surface area contributed by atoms with Crippen molar-refractivity contribution in [3.63, 3.8) is 0 Å². The normalized spacial score (nSPS) is 13.5. The summed E-state index contributed by atoms with van der Waals surface area (Å²) in [6, 6.07) is -0.618. The Kier molecular flexibility index (Phi) is 31.6. The standard InChI is InChI=1S/C42H73NO7/c1-6-8-10-12-14-15-16-17-18-19-20-21-22-23-24-25-27-29-31-33-41(45)50-38(36-48-35-34-39(42(46)47)43(3,4)5)37-49-40(44)32-30-28-26-13-11-9-7-2/h8,10,14-15,17-18,26,28,38-39H,6-7,9,11-13,16,19-25,27,29-37H2,1-5H3/p+1/b10-8+,15-14+,18-17+,28-26+. The Morgan fingerprint density at radius 1 is 0.620 bits per heavy atom. The number of esters is 2. The topological polar surface area (TPSA) is 99.1 Å². The van der Waals surface area contributed by atoms with Crippen LogP contribution in [0.4, 0.5) is 0 Å². The van der Waals surface area contributed by atoms with Crippen molar-refractivity contribution in [3.8, 4) is 0 Å². The predicted molar refractivity (Wildman–Crippen MR) is 206 cm³/mol. The fourth-order valence-electron chi connectivity index (χ4n) is 5.42. The van der Waals surface area contributed by atoms with E-state index in [1.165, 1.54) is 51.4 Å². The molecule has 288 valence electrons. The van der Waals surface area contributed by atoms with E-state index in [1.807, 2.05) is 27.2 Å². The minimum Gasteiger partial charge on any atom is -0.477 e. The van der Waals surface area contributed by atoms with Crippen LogP contribution in [0.3, 0.4) is 0 Å². The summed E-state index contributed by atoms with van der Waals surface area (Å²) >= 11 is 0. The molecule has 2 unspecified atom stereocenters. The van der Waals surface area contributed by atoms with E-state index in [9.17, 15) is 19.5 Å². The molecule has 0 amide bonds. The quantitative estimate of drug-likeness (QED) is 0.0308. The van der Waals surface area contributed by atoms with Gasteiger partial charge in [-0.25, -0.2) is 4.79 Å². The number of aliphatic carboxylic acids is 1. The number of allylic oxidation sites excluding steroid dienone is 8. The molecule has 0 aromatic carbocycles. The maximum absolute atomic E-state index is 12.6. The van der Waals surface area contributed by atoms with Crippen LogP contribution in [-0.2, 0) is 28.6 Å². The van der Waals surface area contributed by atoms with E-state index in [2.05, 4.69) is 56.4 Å². The summed E-state index contributed by atoms with van der Waals surface area (Å²) in [6.45, 7) is 4.50. The summed E-state index contributed by atoms with van der Waals surface area (Å²) in [7, 11) is 5.50. The van der Waals surface area contributed by atoms with Gasteiger partial charge in [-0.15, -0.1) is 0 Å². The minimum atomic E-state index is -0.883. The molecule has 0 heterocycles. The van der Waals surface area contributed by atoms with E-state index in [4.69, 9.17) is 14.2 Å². The molecular formula is C42H74NO7+. The second-order valence-electron chi connectivity index (χ2n) is 14.1. The number of carboxylic acid groups (broad SMARTS) is 1. The number of carbonyl (C=O) groups excluding carboxylic acids is 2. The van der Waals surface area contributed by atoms with Crippen LogP contribution in [-0.4, -0.2) is 80.6 Å². The number of carboxylic acids is 1. The number of unbranched alkanes of at least 4 members (excludes halogenated alkanes) is 12. The molecule has 0 fully saturated rings. The first-order chi connectivity index (χ1) is 24.1. The molecule has 50 heavy (non-hydrogen) atoms. The Morgan fingerprint density at radius 3 is 1.76 bits per heavy atom. The molecule has 0 bridgehead atoms. The highest BCUT2D eigenvalue weighted by molar-refractivity contribution is 5.72. The summed E-state index contributed by atoms with van der Waals surface area (Å²) in [5.74, 6) is -1.55. The van der Waals surface area contributed by atoms with Gasteiger partial charge >= 0.3 is 17.9 Å². The lowest BCUT2D eigenvalue weighted by atomic mass is 10.1. The molecule has 0 aromatic rings. The molecule has 0 aliphatic rings. The third kappa shape index (κ3) is 31.3. The third-order valence-electron chi connectivity index (χ3n) is 8.48. The van der Waals surface area contributed by atoms with Crippen LogP contribution in [0.2, 0.25) is 0 Å². The molecular weight excluding hydrogens is 630 g/mol. The van der Waals surface area contributed by atoms with E-state index in [0.29, 0.717) is 19.3 Å². The van der Waals surface area contributed by atoms with E-state index in [1.54, 1.807) is 0 Å². The van der Waals surface area contributed by atoms with E-state index in [0.717, 1.165) is 57.8 Å². The zero-order valence-corrected chi connectivity index (χ0v) is 32.6. The summed E-state index contributed by atoms with van der Waals surface area (Å²) in [5, 5.41) is 9.57. The van der Waals surface area contributed by atoms with Gasteiger partial charge in [-0.2, -0.15) is 0 Å². The Hall–Kier alpha value is -2.71. The highest BCUT2D eigenvalue weighted by Gasteiger charge is 2.31. The summed E-state index contributed by atoms with van der Waals surface area (Å²) in [4.78, 5) is 36.6. The van der Waals surface area contributed by atoms with E-state index >= 15 is 0 Å². The highest BCUT2D eigenvalue weighted by Crippen LogP contribution is 2.13. The van der Waals surface area contributed by atoms with Crippen LogP contribution in [0.5, 0.6) is 0 Å². The SMILES string of the molecule is CC/C=C/C/C=C/C/C=C/CCCCCCCCCCCC(=O)OC(COCCC(C(=O)O)[N+](C)(C)C)COC(=O)CC/C=C/CCCCC. The summed E-state index contributed by atoms with van der Waals surface area (Å²) in [5.41, 5.74) is 0. The molecule has 0 saturated heterocycles. The van der Waals surface area contributed by atoms with Gasteiger partial charge in [0.1, 0.15) is 6.61 Å². The van der Waals surface area contributed by atoms with Gasteiger partial charge in [-0.05, 0) is 57.8 Å². The predicted octanol–water partition coefficient (Wildman–Crippen LogP) is 10.1. The first kappa shape index (κ1) is 47.3. The zero-order valence-electron chi connectivity index (χ0n) is 32.6. The van der Waals surface area contributed by atoms with Gasteiger partial charge < -0.3 is 23.8 Å². The minimum absolute atomic E-state index is 0.0463. The van der Waals surface area contributed by atoms with Crippen LogP contribution in [0.1, 0.15) is 149 Å². The lowest BCUT2D eigenvalue weighted by Crippen LogP contribution is -2.50. The number of rotatable bonds is 34. The Morgan fingerprint density at radius 2 is 1.16 bits per heavy atom. The number of quaternary nitrogens is 1. The molecule has 0 radical (unpaired) electrons. The van der Waals surface area contributed by atoms with Crippen molar-refractivity contribution in [1.82, 2.24) is 0 Å². The Balaban J connectivity index is 4.32. The molecule has 1 N–H and O–H groups in total. The molecule has 2 atom stereocenters. The van der Waals surface area contributed by atoms with Gasteiger partial charge in [0.25, 0.3) is 0 Å². The molecule has 8 heteroatoms. The fraction of sp³-hybridized carbons (Fsp3) is 0.738. The molecule has 0 aliphatic heterocycles. The second kappa shape index (κ2) is 33.4. The maximum atomic E-state index is 12.6. The summed E-state index contributed by atoms with van der Waals surface area (Å²) < 4.78 is 17.1. The average molecular weight is 705 g/mol. The first-order valence-electron chi connectivity index (χ1n) is 19.7. The van der Waals surface area contributed by atoms with Gasteiger partial charge in [-0.1, -0.05) is 120 Å².